The highest BCUT2D eigenvalue weighted by atomic mass is 35.5. The number of halogens is 1. The fourth-order valence-corrected chi connectivity index (χ4v) is 2.77. The minimum atomic E-state index is 0.290. The van der Waals surface area contributed by atoms with E-state index in [1.165, 1.54) is 0 Å². The van der Waals surface area contributed by atoms with Crippen molar-refractivity contribution in [2.24, 2.45) is 7.05 Å². The second-order valence-corrected chi connectivity index (χ2v) is 5.81. The minimum absolute atomic E-state index is 0.290. The third-order valence-electron chi connectivity index (χ3n) is 3.56. The number of nitrogen functional groups attached to an aromatic ring is 1. The van der Waals surface area contributed by atoms with E-state index in [-0.39, 0.29) is 0 Å². The highest BCUT2D eigenvalue weighted by molar-refractivity contribution is 6.32. The molecule has 0 bridgehead atoms. The lowest BCUT2D eigenvalue weighted by Gasteiger charge is -2.20. The average Bonchev–Trinajstić information content (AvgIpc) is 2.75. The van der Waals surface area contributed by atoms with Gasteiger partial charge >= 0.3 is 0 Å². The van der Waals surface area contributed by atoms with Crippen molar-refractivity contribution in [2.45, 2.75) is 19.8 Å². The summed E-state index contributed by atoms with van der Waals surface area (Å²) in [5, 5.41) is 0.512. The highest BCUT2D eigenvalue weighted by Gasteiger charge is 2.21. The van der Waals surface area contributed by atoms with Gasteiger partial charge in [-0.05, 0) is 12.1 Å². The Balaban J connectivity index is 2.13. The summed E-state index contributed by atoms with van der Waals surface area (Å²) in [5.41, 5.74) is 7.74. The topological polar surface area (TPSA) is 62.3 Å². The van der Waals surface area contributed by atoms with E-state index in [2.05, 4.69) is 18.8 Å². The summed E-state index contributed by atoms with van der Waals surface area (Å²) in [5.74, 6) is 3.07. The molecule has 6 heteroatoms. The lowest BCUT2D eigenvalue weighted by Crippen LogP contribution is -2.15. The van der Waals surface area contributed by atoms with Gasteiger partial charge in [-0.1, -0.05) is 25.4 Å². The molecule has 1 aromatic heterocycles. The lowest BCUT2D eigenvalue weighted by molar-refractivity contribution is 0.172. The molecule has 0 spiro atoms. The van der Waals surface area contributed by atoms with Gasteiger partial charge in [0, 0.05) is 18.5 Å². The van der Waals surface area contributed by atoms with Crippen LogP contribution in [0.1, 0.15) is 25.6 Å². The van der Waals surface area contributed by atoms with E-state index in [0.717, 1.165) is 17.1 Å². The van der Waals surface area contributed by atoms with Crippen molar-refractivity contribution in [3.63, 3.8) is 0 Å². The zero-order valence-corrected chi connectivity index (χ0v) is 13.1. The Bertz CT molecular complexity index is 695. The Morgan fingerprint density at radius 1 is 1.29 bits per heavy atom. The van der Waals surface area contributed by atoms with E-state index in [1.54, 1.807) is 0 Å². The number of nitrogens with zero attached hydrogens (tertiary/aromatic N) is 2. The van der Waals surface area contributed by atoms with Gasteiger partial charge in [-0.3, -0.25) is 0 Å². The largest absolute Gasteiger partial charge is 0.486 e. The second-order valence-electron chi connectivity index (χ2n) is 5.40. The third kappa shape index (κ3) is 2.31. The summed E-state index contributed by atoms with van der Waals surface area (Å²) in [6, 6.07) is 3.70. The Kier molecular flexibility index (Phi) is 3.45. The van der Waals surface area contributed by atoms with Gasteiger partial charge < -0.3 is 19.8 Å². The number of rotatable bonds is 2. The van der Waals surface area contributed by atoms with Crippen molar-refractivity contribution < 1.29 is 9.47 Å². The zero-order chi connectivity index (χ0) is 15.1. The first kappa shape index (κ1) is 14.1. The molecule has 2 heterocycles. The summed E-state index contributed by atoms with van der Waals surface area (Å²) >= 11 is 6.28. The number of hydrogen-bond acceptors (Lipinski definition) is 4. The maximum atomic E-state index is 6.28. The van der Waals surface area contributed by atoms with Gasteiger partial charge in [0.05, 0.1) is 5.02 Å². The van der Waals surface area contributed by atoms with Gasteiger partial charge in [0.15, 0.2) is 11.5 Å². The van der Waals surface area contributed by atoms with Crippen LogP contribution in [-0.4, -0.2) is 22.8 Å². The molecule has 0 saturated heterocycles. The molecular weight excluding hydrogens is 290 g/mol. The van der Waals surface area contributed by atoms with Crippen LogP contribution in [0.5, 0.6) is 11.5 Å². The standard InChI is InChI=1S/C15H18ClN3O2/c1-8(2)15-18-12(14(17)19(15)3)9-6-10(16)13-11(7-9)20-4-5-21-13/h6-8H,4-5,17H2,1-3H3. The smallest absolute Gasteiger partial charge is 0.179 e. The van der Waals surface area contributed by atoms with Crippen LogP contribution >= 0.6 is 11.6 Å². The maximum Gasteiger partial charge on any atom is 0.179 e. The quantitative estimate of drug-likeness (QED) is 0.925. The number of benzene rings is 1. The molecule has 0 fully saturated rings. The number of ether oxygens (including phenoxy) is 2. The molecule has 5 nitrogen and oxygen atoms in total. The molecule has 0 amide bonds. The molecule has 1 aliphatic heterocycles. The van der Waals surface area contributed by atoms with Crippen LogP contribution in [0.3, 0.4) is 0 Å². The molecule has 21 heavy (non-hydrogen) atoms. The van der Waals surface area contributed by atoms with Crippen LogP contribution in [0.2, 0.25) is 5.02 Å². The first-order valence-corrected chi connectivity index (χ1v) is 7.28. The number of anilines is 1. The Hall–Kier alpha value is -1.88. The molecule has 112 valence electrons. The van der Waals surface area contributed by atoms with Gasteiger partial charge in [-0.2, -0.15) is 0 Å². The number of aromatic nitrogens is 2. The van der Waals surface area contributed by atoms with Gasteiger partial charge in [0.1, 0.15) is 30.5 Å². The molecule has 3 rings (SSSR count). The molecule has 2 aromatic rings. The minimum Gasteiger partial charge on any atom is -0.486 e. The molecule has 1 aromatic carbocycles. The van der Waals surface area contributed by atoms with E-state index in [4.69, 9.17) is 26.8 Å². The van der Waals surface area contributed by atoms with Crippen LogP contribution in [0, 0.1) is 0 Å². The van der Waals surface area contributed by atoms with Crippen LogP contribution in [0.25, 0.3) is 11.3 Å². The van der Waals surface area contributed by atoms with Gasteiger partial charge in [-0.25, -0.2) is 4.98 Å². The van der Waals surface area contributed by atoms with Crippen molar-refractivity contribution in [1.29, 1.82) is 0 Å². The van der Waals surface area contributed by atoms with Crippen molar-refractivity contribution in [3.8, 4) is 22.8 Å². The molecule has 0 atom stereocenters. The Labute approximate surface area is 128 Å². The predicted octanol–water partition coefficient (Wildman–Crippen LogP) is 3.22. The van der Waals surface area contributed by atoms with Crippen LogP contribution in [0.4, 0.5) is 5.82 Å². The van der Waals surface area contributed by atoms with Crippen LogP contribution < -0.4 is 15.2 Å². The van der Waals surface area contributed by atoms with Gasteiger partial charge in [0.25, 0.3) is 0 Å². The number of fused-ring (bicyclic) bond motifs is 1. The number of nitrogens with two attached hydrogens (primary N) is 1. The summed E-state index contributed by atoms with van der Waals surface area (Å²) in [4.78, 5) is 4.65. The summed E-state index contributed by atoms with van der Waals surface area (Å²) in [7, 11) is 1.92. The van der Waals surface area contributed by atoms with Crippen molar-refractivity contribution >= 4 is 17.4 Å². The van der Waals surface area contributed by atoms with E-state index < -0.39 is 0 Å². The SMILES string of the molecule is CC(C)c1nc(-c2cc(Cl)c3c(c2)OCCO3)c(N)n1C. The second kappa shape index (κ2) is 5.15. The van der Waals surface area contributed by atoms with E-state index in [1.807, 2.05) is 23.7 Å². The van der Waals surface area contributed by atoms with Crippen molar-refractivity contribution in [3.05, 3.63) is 23.0 Å². The normalized spacial score (nSPS) is 13.8. The molecule has 1 aliphatic rings. The molecule has 0 saturated carbocycles. The van der Waals surface area contributed by atoms with E-state index in [0.29, 0.717) is 41.5 Å². The Morgan fingerprint density at radius 3 is 2.67 bits per heavy atom. The van der Waals surface area contributed by atoms with Gasteiger partial charge in [-0.15, -0.1) is 0 Å². The molecular formula is C15H18ClN3O2. The molecule has 2 N–H and O–H groups in total. The fourth-order valence-electron chi connectivity index (χ4n) is 2.51. The average molecular weight is 308 g/mol. The number of hydrogen-bond donors (Lipinski definition) is 1. The van der Waals surface area contributed by atoms with E-state index in [9.17, 15) is 0 Å². The first-order valence-electron chi connectivity index (χ1n) is 6.90. The third-order valence-corrected chi connectivity index (χ3v) is 3.84. The molecule has 0 radical (unpaired) electrons. The van der Waals surface area contributed by atoms with Gasteiger partial charge in [0.2, 0.25) is 0 Å². The van der Waals surface area contributed by atoms with Crippen LogP contribution in [-0.2, 0) is 7.05 Å². The first-order chi connectivity index (χ1) is 9.99. The summed E-state index contributed by atoms with van der Waals surface area (Å²) in [6.45, 7) is 5.20. The number of imidazole rings is 1. The lowest BCUT2D eigenvalue weighted by atomic mass is 10.1. The monoisotopic (exact) mass is 307 g/mol. The molecule has 0 aliphatic carbocycles. The highest BCUT2D eigenvalue weighted by Crippen LogP contribution is 2.42. The van der Waals surface area contributed by atoms with Crippen molar-refractivity contribution in [1.82, 2.24) is 9.55 Å². The zero-order valence-electron chi connectivity index (χ0n) is 12.3. The predicted molar refractivity (Wildman–Crippen MR) is 83.1 cm³/mol. The van der Waals surface area contributed by atoms with E-state index >= 15 is 0 Å². The maximum absolute atomic E-state index is 6.28. The molecule has 0 unspecified atom stereocenters. The fraction of sp³-hybridized carbons (Fsp3) is 0.400. The summed E-state index contributed by atoms with van der Waals surface area (Å²) in [6.07, 6.45) is 0. The van der Waals surface area contributed by atoms with Crippen LogP contribution in [0.15, 0.2) is 12.1 Å². The summed E-state index contributed by atoms with van der Waals surface area (Å²) < 4.78 is 13.0. The van der Waals surface area contributed by atoms with Crippen molar-refractivity contribution in [2.75, 3.05) is 18.9 Å². The Morgan fingerprint density at radius 2 is 2.00 bits per heavy atom.